The molecule has 0 aromatic rings. The largest absolute Gasteiger partial charge is 0.478 e. The van der Waals surface area contributed by atoms with E-state index in [4.69, 9.17) is 15.4 Å². The standard InChI is InChI=1S/C10H21NO4/c1-2-3-4-5-6-7-8-11(15)9(12)10(13)14/h9,12,15H,2-8H2,1H3,(H,13,14)/t9-/m0/s1. The van der Waals surface area contributed by atoms with Crippen molar-refractivity contribution in [2.75, 3.05) is 6.54 Å². The van der Waals surface area contributed by atoms with Crippen LogP contribution in [0, 0.1) is 0 Å². The van der Waals surface area contributed by atoms with Gasteiger partial charge in [-0.05, 0) is 6.42 Å². The SMILES string of the molecule is CCCCCCCCN(O)[C@@H](O)C(=O)O. The minimum absolute atomic E-state index is 0.194. The van der Waals surface area contributed by atoms with Crippen molar-refractivity contribution >= 4 is 5.97 Å². The Kier molecular flexibility index (Phi) is 8.27. The summed E-state index contributed by atoms with van der Waals surface area (Å²) < 4.78 is 0. The third-order valence-corrected chi connectivity index (χ3v) is 2.24. The smallest absolute Gasteiger partial charge is 0.350 e. The van der Waals surface area contributed by atoms with E-state index in [1.807, 2.05) is 0 Å². The monoisotopic (exact) mass is 219 g/mol. The highest BCUT2D eigenvalue weighted by Crippen LogP contribution is 2.06. The summed E-state index contributed by atoms with van der Waals surface area (Å²) in [7, 11) is 0. The summed E-state index contributed by atoms with van der Waals surface area (Å²) in [6.45, 7) is 2.33. The van der Waals surface area contributed by atoms with Gasteiger partial charge in [0.15, 0.2) is 0 Å². The van der Waals surface area contributed by atoms with Gasteiger partial charge in [-0.2, -0.15) is 5.06 Å². The van der Waals surface area contributed by atoms with E-state index in [1.165, 1.54) is 19.3 Å². The average molecular weight is 219 g/mol. The first-order valence-electron chi connectivity index (χ1n) is 5.46. The number of carboxylic acids is 1. The topological polar surface area (TPSA) is 81.0 Å². The summed E-state index contributed by atoms with van der Waals surface area (Å²) in [6, 6.07) is 0. The molecular formula is C10H21NO4. The number of carbonyl (C=O) groups is 1. The molecule has 0 saturated carbocycles. The maximum atomic E-state index is 10.3. The molecule has 15 heavy (non-hydrogen) atoms. The Morgan fingerprint density at radius 1 is 1.20 bits per heavy atom. The van der Waals surface area contributed by atoms with Crippen LogP contribution in [0.25, 0.3) is 0 Å². The molecule has 0 radical (unpaired) electrons. The van der Waals surface area contributed by atoms with Crippen LogP contribution in [-0.2, 0) is 4.79 Å². The predicted octanol–water partition coefficient (Wildman–Crippen LogP) is 1.44. The van der Waals surface area contributed by atoms with E-state index in [0.717, 1.165) is 12.8 Å². The van der Waals surface area contributed by atoms with Crippen LogP contribution >= 0.6 is 0 Å². The number of hydroxylamine groups is 2. The summed E-state index contributed by atoms with van der Waals surface area (Å²) in [6.07, 6.45) is 4.49. The lowest BCUT2D eigenvalue weighted by Crippen LogP contribution is -2.39. The van der Waals surface area contributed by atoms with Crippen molar-refractivity contribution in [3.05, 3.63) is 0 Å². The number of hydrogen-bond acceptors (Lipinski definition) is 4. The van der Waals surface area contributed by atoms with Crippen molar-refractivity contribution in [1.29, 1.82) is 0 Å². The Morgan fingerprint density at radius 2 is 1.73 bits per heavy atom. The molecule has 5 nitrogen and oxygen atoms in total. The van der Waals surface area contributed by atoms with Crippen molar-refractivity contribution in [1.82, 2.24) is 5.06 Å². The lowest BCUT2D eigenvalue weighted by Gasteiger charge is -2.17. The van der Waals surface area contributed by atoms with Gasteiger partial charge in [-0.25, -0.2) is 4.79 Å². The molecule has 0 fully saturated rings. The summed E-state index contributed by atoms with van der Waals surface area (Å²) >= 11 is 0. The quantitative estimate of drug-likeness (QED) is 0.310. The van der Waals surface area contributed by atoms with Gasteiger partial charge in [0.05, 0.1) is 0 Å². The first kappa shape index (κ1) is 14.3. The zero-order valence-corrected chi connectivity index (χ0v) is 9.22. The fourth-order valence-corrected chi connectivity index (χ4v) is 1.30. The lowest BCUT2D eigenvalue weighted by atomic mass is 10.1. The Hall–Kier alpha value is -0.650. The van der Waals surface area contributed by atoms with Crippen molar-refractivity contribution in [2.24, 2.45) is 0 Å². The van der Waals surface area contributed by atoms with Crippen LogP contribution in [0.3, 0.4) is 0 Å². The number of nitrogens with zero attached hydrogens (tertiary/aromatic N) is 1. The van der Waals surface area contributed by atoms with E-state index in [9.17, 15) is 4.79 Å². The highest BCUT2D eigenvalue weighted by Gasteiger charge is 2.19. The Morgan fingerprint density at radius 3 is 2.27 bits per heavy atom. The average Bonchev–Trinajstić information content (AvgIpc) is 2.21. The van der Waals surface area contributed by atoms with Crippen molar-refractivity contribution in [3.63, 3.8) is 0 Å². The van der Waals surface area contributed by atoms with Gasteiger partial charge in [0.2, 0.25) is 6.23 Å². The van der Waals surface area contributed by atoms with Crippen LogP contribution in [0.5, 0.6) is 0 Å². The molecule has 0 aliphatic rings. The lowest BCUT2D eigenvalue weighted by molar-refractivity contribution is -0.211. The van der Waals surface area contributed by atoms with Crippen LogP contribution < -0.4 is 0 Å². The molecule has 3 N–H and O–H groups in total. The van der Waals surface area contributed by atoms with Gasteiger partial charge in [0.1, 0.15) is 0 Å². The highest BCUT2D eigenvalue weighted by molar-refractivity contribution is 5.71. The fourth-order valence-electron chi connectivity index (χ4n) is 1.30. The summed E-state index contributed by atoms with van der Waals surface area (Å²) in [5.74, 6) is -1.43. The van der Waals surface area contributed by atoms with E-state index in [1.54, 1.807) is 0 Å². The van der Waals surface area contributed by atoms with E-state index in [2.05, 4.69) is 6.92 Å². The highest BCUT2D eigenvalue weighted by atomic mass is 16.5. The number of aliphatic hydroxyl groups excluding tert-OH is 1. The number of unbranched alkanes of at least 4 members (excludes halogenated alkanes) is 5. The number of rotatable bonds is 9. The van der Waals surface area contributed by atoms with Gasteiger partial charge in [-0.1, -0.05) is 39.0 Å². The van der Waals surface area contributed by atoms with Gasteiger partial charge < -0.3 is 15.4 Å². The van der Waals surface area contributed by atoms with Gasteiger partial charge in [0, 0.05) is 6.54 Å². The van der Waals surface area contributed by atoms with Crippen LogP contribution in [0.1, 0.15) is 45.4 Å². The van der Waals surface area contributed by atoms with E-state index in [-0.39, 0.29) is 6.54 Å². The van der Waals surface area contributed by atoms with Gasteiger partial charge in [-0.3, -0.25) is 0 Å². The number of aliphatic carboxylic acids is 1. The predicted molar refractivity (Wildman–Crippen MR) is 55.5 cm³/mol. The summed E-state index contributed by atoms with van der Waals surface area (Å²) in [5, 5.41) is 26.8. The van der Waals surface area contributed by atoms with Gasteiger partial charge in [-0.15, -0.1) is 0 Å². The maximum absolute atomic E-state index is 10.3. The van der Waals surface area contributed by atoms with Crippen molar-refractivity contribution in [3.8, 4) is 0 Å². The first-order chi connectivity index (χ1) is 7.09. The molecular weight excluding hydrogens is 198 g/mol. The Labute approximate surface area is 90.3 Å². The molecule has 90 valence electrons. The molecule has 0 rings (SSSR count). The molecule has 0 aromatic carbocycles. The molecule has 0 heterocycles. The minimum Gasteiger partial charge on any atom is -0.478 e. The maximum Gasteiger partial charge on any atom is 0.350 e. The zero-order valence-electron chi connectivity index (χ0n) is 9.22. The molecule has 0 bridgehead atoms. The molecule has 0 aromatic heterocycles. The second kappa shape index (κ2) is 8.64. The molecule has 0 amide bonds. The van der Waals surface area contributed by atoms with E-state index < -0.39 is 12.2 Å². The molecule has 0 aliphatic heterocycles. The number of carboxylic acid groups (broad SMARTS) is 1. The normalized spacial score (nSPS) is 13.1. The molecule has 0 saturated heterocycles. The summed E-state index contributed by atoms with van der Waals surface area (Å²) in [5.41, 5.74) is 0. The van der Waals surface area contributed by atoms with Crippen LogP contribution in [0.2, 0.25) is 0 Å². The minimum atomic E-state index is -1.80. The van der Waals surface area contributed by atoms with Crippen LogP contribution in [0.4, 0.5) is 0 Å². The Balaban J connectivity index is 3.38. The van der Waals surface area contributed by atoms with E-state index in [0.29, 0.717) is 11.5 Å². The third-order valence-electron chi connectivity index (χ3n) is 2.24. The molecule has 1 atom stereocenters. The van der Waals surface area contributed by atoms with Crippen LogP contribution in [0.15, 0.2) is 0 Å². The molecule has 0 unspecified atom stereocenters. The van der Waals surface area contributed by atoms with Crippen molar-refractivity contribution < 1.29 is 20.2 Å². The fraction of sp³-hybridized carbons (Fsp3) is 0.900. The third kappa shape index (κ3) is 7.30. The second-order valence-electron chi connectivity index (χ2n) is 3.64. The Bertz CT molecular complexity index is 175. The molecule has 0 spiro atoms. The molecule has 5 heteroatoms. The van der Waals surface area contributed by atoms with Gasteiger partial charge in [0.25, 0.3) is 0 Å². The van der Waals surface area contributed by atoms with E-state index >= 15 is 0 Å². The molecule has 0 aliphatic carbocycles. The van der Waals surface area contributed by atoms with Crippen molar-refractivity contribution in [2.45, 2.75) is 51.7 Å². The number of hydrogen-bond donors (Lipinski definition) is 3. The van der Waals surface area contributed by atoms with Gasteiger partial charge >= 0.3 is 5.97 Å². The van der Waals surface area contributed by atoms with Crippen LogP contribution in [-0.4, -0.2) is 39.2 Å². The first-order valence-corrected chi connectivity index (χ1v) is 5.46. The summed E-state index contributed by atoms with van der Waals surface area (Å²) in [4.78, 5) is 10.3. The zero-order chi connectivity index (χ0) is 11.7. The number of aliphatic hydroxyl groups is 1. The second-order valence-corrected chi connectivity index (χ2v) is 3.64.